The van der Waals surface area contributed by atoms with Gasteiger partial charge >= 0.3 is 5.97 Å². The minimum atomic E-state index is -0.921. The summed E-state index contributed by atoms with van der Waals surface area (Å²) in [6, 6.07) is 17.3. The van der Waals surface area contributed by atoms with E-state index in [9.17, 15) is 9.59 Å². The molecule has 0 spiro atoms. The molecule has 0 aliphatic rings. The Bertz CT molecular complexity index is 1120. The molecule has 0 aliphatic carbocycles. The van der Waals surface area contributed by atoms with E-state index in [-0.39, 0.29) is 12.3 Å². The van der Waals surface area contributed by atoms with Crippen LogP contribution in [0.15, 0.2) is 72.4 Å². The van der Waals surface area contributed by atoms with Crippen molar-refractivity contribution < 1.29 is 14.3 Å². The van der Waals surface area contributed by atoms with E-state index in [1.165, 1.54) is 11.3 Å². The number of aromatic nitrogens is 2. The number of ether oxygens (including phenoxy) is 1. The number of carbonyl (C=O) groups is 2. The van der Waals surface area contributed by atoms with Gasteiger partial charge in [0.2, 0.25) is 0 Å². The van der Waals surface area contributed by atoms with Crippen LogP contribution in [0.25, 0.3) is 16.1 Å². The van der Waals surface area contributed by atoms with Crippen molar-refractivity contribution in [3.8, 4) is 11.1 Å². The molecule has 7 heteroatoms. The van der Waals surface area contributed by atoms with Crippen molar-refractivity contribution in [3.05, 3.63) is 78.1 Å². The molecule has 2 heterocycles. The van der Waals surface area contributed by atoms with E-state index in [4.69, 9.17) is 4.74 Å². The molecule has 0 unspecified atom stereocenters. The fourth-order valence-corrected chi connectivity index (χ4v) is 3.72. The normalized spacial score (nSPS) is 11.9. The molecule has 4 aromatic rings. The summed E-state index contributed by atoms with van der Waals surface area (Å²) in [6.07, 6.45) is 2.76. The summed E-state index contributed by atoms with van der Waals surface area (Å²) in [5.74, 6) is -0.873. The second kappa shape index (κ2) is 8.28. The van der Waals surface area contributed by atoms with Gasteiger partial charge < -0.3 is 10.1 Å². The Kier molecular flexibility index (Phi) is 5.39. The maximum atomic E-state index is 12.6. The summed E-state index contributed by atoms with van der Waals surface area (Å²) < 4.78 is 7.16. The quantitative estimate of drug-likeness (QED) is 0.489. The predicted octanol–water partition coefficient (Wildman–Crippen LogP) is 4.18. The van der Waals surface area contributed by atoms with Crippen molar-refractivity contribution in [2.75, 3.05) is 5.32 Å². The van der Waals surface area contributed by atoms with E-state index in [1.807, 2.05) is 70.6 Å². The molecule has 1 N–H and O–H groups in total. The summed E-state index contributed by atoms with van der Waals surface area (Å²) >= 11 is 1.49. The molecule has 4 rings (SSSR count). The summed E-state index contributed by atoms with van der Waals surface area (Å²) in [6.45, 7) is 1.56. The Morgan fingerprint density at radius 2 is 1.90 bits per heavy atom. The Hall–Kier alpha value is -3.45. The molecule has 1 atom stereocenters. The second-order valence-corrected chi connectivity index (χ2v) is 7.41. The molecule has 0 saturated heterocycles. The number of carbonyl (C=O) groups excluding carboxylic acids is 2. The SMILES string of the molecule is C[C@@H](OC(=O)Cc1cn2ccsc2n1)C(=O)Nc1ccccc1-c1ccccc1. The van der Waals surface area contributed by atoms with E-state index in [0.717, 1.165) is 16.1 Å². The zero-order valence-corrected chi connectivity index (χ0v) is 16.6. The Balaban J connectivity index is 1.39. The number of nitrogens with one attached hydrogen (secondary N) is 1. The highest BCUT2D eigenvalue weighted by atomic mass is 32.1. The number of anilines is 1. The summed E-state index contributed by atoms with van der Waals surface area (Å²) in [5.41, 5.74) is 3.18. The Morgan fingerprint density at radius 3 is 2.69 bits per heavy atom. The van der Waals surface area contributed by atoms with Crippen LogP contribution in [-0.2, 0) is 20.7 Å². The highest BCUT2D eigenvalue weighted by molar-refractivity contribution is 7.15. The van der Waals surface area contributed by atoms with E-state index in [1.54, 1.807) is 13.1 Å². The minimum Gasteiger partial charge on any atom is -0.452 e. The number of hydrogen-bond acceptors (Lipinski definition) is 5. The number of imidazole rings is 1. The number of esters is 1. The molecular formula is C22H19N3O3S. The fourth-order valence-electron chi connectivity index (χ4n) is 3.00. The smallest absolute Gasteiger partial charge is 0.312 e. The average molecular weight is 405 g/mol. The molecule has 6 nitrogen and oxygen atoms in total. The molecular weight excluding hydrogens is 386 g/mol. The molecule has 0 fully saturated rings. The van der Waals surface area contributed by atoms with Crippen molar-refractivity contribution >= 4 is 33.9 Å². The highest BCUT2D eigenvalue weighted by Crippen LogP contribution is 2.27. The monoisotopic (exact) mass is 405 g/mol. The van der Waals surface area contributed by atoms with Crippen LogP contribution >= 0.6 is 11.3 Å². The third-order valence-electron chi connectivity index (χ3n) is 4.42. The van der Waals surface area contributed by atoms with Crippen LogP contribution in [0.4, 0.5) is 5.69 Å². The number of benzene rings is 2. The molecule has 0 aliphatic heterocycles. The third kappa shape index (κ3) is 4.35. The van der Waals surface area contributed by atoms with E-state index in [2.05, 4.69) is 10.3 Å². The van der Waals surface area contributed by atoms with Crippen LogP contribution in [0, 0.1) is 0 Å². The second-order valence-electron chi connectivity index (χ2n) is 6.53. The van der Waals surface area contributed by atoms with Gasteiger partial charge in [-0.3, -0.25) is 14.0 Å². The number of fused-ring (bicyclic) bond motifs is 1. The van der Waals surface area contributed by atoms with Crippen LogP contribution < -0.4 is 5.32 Å². The predicted molar refractivity (Wildman–Crippen MR) is 113 cm³/mol. The fraction of sp³-hybridized carbons (Fsp3) is 0.136. The van der Waals surface area contributed by atoms with Gasteiger partial charge in [-0.25, -0.2) is 4.98 Å². The maximum absolute atomic E-state index is 12.6. The lowest BCUT2D eigenvalue weighted by molar-refractivity contribution is -0.152. The molecule has 2 aromatic heterocycles. The van der Waals surface area contributed by atoms with Gasteiger partial charge in [0.05, 0.1) is 12.1 Å². The van der Waals surface area contributed by atoms with Gasteiger partial charge in [0.1, 0.15) is 0 Å². The molecule has 0 bridgehead atoms. The van der Waals surface area contributed by atoms with Crippen LogP contribution in [0.1, 0.15) is 12.6 Å². The number of rotatable bonds is 6. The topological polar surface area (TPSA) is 72.7 Å². The Morgan fingerprint density at radius 1 is 1.14 bits per heavy atom. The molecule has 1 amide bonds. The zero-order valence-electron chi connectivity index (χ0n) is 15.7. The number of thiazole rings is 1. The van der Waals surface area contributed by atoms with Gasteiger partial charge in [-0.1, -0.05) is 48.5 Å². The first-order chi connectivity index (χ1) is 14.1. The van der Waals surface area contributed by atoms with Gasteiger partial charge in [0.25, 0.3) is 5.91 Å². The first kappa shape index (κ1) is 18.9. The van der Waals surface area contributed by atoms with E-state index in [0.29, 0.717) is 11.4 Å². The van der Waals surface area contributed by atoms with Crippen LogP contribution in [0.3, 0.4) is 0 Å². The van der Waals surface area contributed by atoms with Crippen LogP contribution in [-0.4, -0.2) is 27.4 Å². The van der Waals surface area contributed by atoms with Crippen LogP contribution in [0.2, 0.25) is 0 Å². The van der Waals surface area contributed by atoms with Crippen molar-refractivity contribution in [1.82, 2.24) is 9.38 Å². The van der Waals surface area contributed by atoms with Crippen molar-refractivity contribution in [3.63, 3.8) is 0 Å². The van der Waals surface area contributed by atoms with Gasteiger partial charge in [-0.05, 0) is 18.6 Å². The molecule has 0 saturated carbocycles. The summed E-state index contributed by atoms with van der Waals surface area (Å²) in [4.78, 5) is 30.0. The van der Waals surface area contributed by atoms with Crippen molar-refractivity contribution in [2.24, 2.45) is 0 Å². The first-order valence-corrected chi connectivity index (χ1v) is 10.0. The van der Waals surface area contributed by atoms with Crippen molar-refractivity contribution in [2.45, 2.75) is 19.4 Å². The summed E-state index contributed by atoms with van der Waals surface area (Å²) in [5, 5.41) is 4.78. The lowest BCUT2D eigenvalue weighted by Gasteiger charge is -2.15. The zero-order chi connectivity index (χ0) is 20.2. The summed E-state index contributed by atoms with van der Waals surface area (Å²) in [7, 11) is 0. The van der Waals surface area contributed by atoms with E-state index >= 15 is 0 Å². The number of para-hydroxylation sites is 1. The van der Waals surface area contributed by atoms with Crippen LogP contribution in [0.5, 0.6) is 0 Å². The number of nitrogens with zero attached hydrogens (tertiary/aromatic N) is 2. The maximum Gasteiger partial charge on any atom is 0.312 e. The third-order valence-corrected chi connectivity index (χ3v) is 5.19. The number of hydrogen-bond donors (Lipinski definition) is 1. The van der Waals surface area contributed by atoms with Gasteiger partial charge in [0.15, 0.2) is 11.1 Å². The Labute approximate surface area is 171 Å². The van der Waals surface area contributed by atoms with Gasteiger partial charge in [0, 0.05) is 29.0 Å². The lowest BCUT2D eigenvalue weighted by atomic mass is 10.0. The first-order valence-electron chi connectivity index (χ1n) is 9.16. The minimum absolute atomic E-state index is 0.0205. The largest absolute Gasteiger partial charge is 0.452 e. The van der Waals surface area contributed by atoms with Gasteiger partial charge in [-0.15, -0.1) is 11.3 Å². The molecule has 29 heavy (non-hydrogen) atoms. The van der Waals surface area contributed by atoms with Gasteiger partial charge in [-0.2, -0.15) is 0 Å². The molecule has 0 radical (unpaired) electrons. The average Bonchev–Trinajstić information content (AvgIpc) is 3.30. The van der Waals surface area contributed by atoms with Crippen molar-refractivity contribution in [1.29, 1.82) is 0 Å². The standard InChI is InChI=1S/C22H19N3O3S/c1-15(28-20(26)13-17-14-25-11-12-29-22(25)23-17)21(27)24-19-10-6-5-9-18(19)16-7-3-2-4-8-16/h2-12,14-15H,13H2,1H3,(H,24,27)/t15-/m1/s1. The highest BCUT2D eigenvalue weighted by Gasteiger charge is 2.20. The molecule has 2 aromatic carbocycles. The lowest BCUT2D eigenvalue weighted by Crippen LogP contribution is -2.30. The molecule has 146 valence electrons. The number of amides is 1. The van der Waals surface area contributed by atoms with E-state index < -0.39 is 12.1 Å².